The summed E-state index contributed by atoms with van der Waals surface area (Å²) in [5.41, 5.74) is 0.230. The van der Waals surface area contributed by atoms with Crippen LogP contribution in [0.4, 0.5) is 9.18 Å². The molecule has 2 fully saturated rings. The van der Waals surface area contributed by atoms with Crippen LogP contribution in [0.5, 0.6) is 5.75 Å². The predicted octanol–water partition coefficient (Wildman–Crippen LogP) is 4.52. The maximum atomic E-state index is 14.0. The van der Waals surface area contributed by atoms with Crippen LogP contribution in [-0.2, 0) is 25.5 Å². The number of halogens is 1. The number of fused-ring (bicyclic) bond motifs is 1. The van der Waals surface area contributed by atoms with E-state index < -0.39 is 17.8 Å². The number of ether oxygens (including phenoxy) is 4. The van der Waals surface area contributed by atoms with Gasteiger partial charge >= 0.3 is 6.09 Å². The number of carbonyl (C=O) groups excluding carboxylic acids is 2. The minimum Gasteiger partial charge on any atom is -0.493 e. The first-order valence-electron chi connectivity index (χ1n) is 12.9. The van der Waals surface area contributed by atoms with Crippen LogP contribution in [0.1, 0.15) is 45.6 Å². The highest BCUT2D eigenvalue weighted by Gasteiger charge is 2.39. The molecule has 1 atom stereocenters. The second-order valence-corrected chi connectivity index (χ2v) is 10.6. The fourth-order valence-electron chi connectivity index (χ4n) is 4.41. The van der Waals surface area contributed by atoms with Crippen LogP contribution in [-0.4, -0.2) is 79.6 Å². The van der Waals surface area contributed by atoms with Crippen molar-refractivity contribution >= 4 is 22.8 Å². The van der Waals surface area contributed by atoms with Crippen LogP contribution in [0.2, 0.25) is 0 Å². The van der Waals surface area contributed by atoms with Gasteiger partial charge in [-0.3, -0.25) is 4.79 Å². The Morgan fingerprint density at radius 1 is 1.16 bits per heavy atom. The van der Waals surface area contributed by atoms with E-state index >= 15 is 0 Å². The van der Waals surface area contributed by atoms with Gasteiger partial charge in [0.1, 0.15) is 17.2 Å². The summed E-state index contributed by atoms with van der Waals surface area (Å²) >= 11 is 0. The minimum atomic E-state index is -0.760. The lowest BCUT2D eigenvalue weighted by Gasteiger charge is -2.36. The van der Waals surface area contributed by atoms with Crippen LogP contribution >= 0.6 is 0 Å². The molecule has 1 heterocycles. The summed E-state index contributed by atoms with van der Waals surface area (Å²) < 4.78 is 36.5. The van der Waals surface area contributed by atoms with Gasteiger partial charge in [-0.05, 0) is 74.9 Å². The van der Waals surface area contributed by atoms with Gasteiger partial charge in [0.05, 0.1) is 19.8 Å². The number of amides is 2. The molecule has 1 saturated carbocycles. The number of methoxy groups -OCH3 is 1. The summed E-state index contributed by atoms with van der Waals surface area (Å²) in [5.74, 6) is 0.164. The molecule has 1 saturated heterocycles. The zero-order chi connectivity index (χ0) is 26.6. The molecule has 2 aromatic rings. The zero-order valence-electron chi connectivity index (χ0n) is 22.1. The van der Waals surface area contributed by atoms with E-state index in [2.05, 4.69) is 0 Å². The summed E-state index contributed by atoms with van der Waals surface area (Å²) in [5, 5.41) is 1.53. The van der Waals surface area contributed by atoms with Crippen LogP contribution < -0.4 is 4.74 Å². The number of nitrogens with zero attached hydrogens (tertiary/aromatic N) is 2. The first kappa shape index (κ1) is 27.1. The lowest BCUT2D eigenvalue weighted by Crippen LogP contribution is -2.53. The fraction of sp³-hybridized carbons (Fsp3) is 0.571. The van der Waals surface area contributed by atoms with Crippen molar-refractivity contribution in [3.05, 3.63) is 41.7 Å². The van der Waals surface area contributed by atoms with Crippen molar-refractivity contribution in [3.8, 4) is 5.75 Å². The van der Waals surface area contributed by atoms with Crippen molar-refractivity contribution < 1.29 is 32.9 Å². The molecule has 2 amide bonds. The van der Waals surface area contributed by atoms with Crippen molar-refractivity contribution in [2.24, 2.45) is 0 Å². The van der Waals surface area contributed by atoms with E-state index in [-0.39, 0.29) is 30.9 Å². The number of carbonyl (C=O) groups is 2. The molecule has 0 unspecified atom stereocenters. The molecule has 0 spiro atoms. The third-order valence-corrected chi connectivity index (χ3v) is 6.30. The van der Waals surface area contributed by atoms with E-state index in [0.29, 0.717) is 37.4 Å². The molecule has 4 rings (SSSR count). The first-order valence-corrected chi connectivity index (χ1v) is 12.9. The second kappa shape index (κ2) is 11.6. The number of morpholine rings is 1. The zero-order valence-corrected chi connectivity index (χ0v) is 22.1. The maximum Gasteiger partial charge on any atom is 0.410 e. The van der Waals surface area contributed by atoms with Crippen molar-refractivity contribution in [2.75, 3.05) is 40.0 Å². The molecule has 9 heteroatoms. The third-order valence-electron chi connectivity index (χ3n) is 6.30. The highest BCUT2D eigenvalue weighted by molar-refractivity contribution is 5.89. The quantitative estimate of drug-likeness (QED) is 0.456. The SMILES string of the molecule is COCCCOc1cc(CN(C(=O)[C@H]2CN(C(=O)OC(C)(C)C)CCO2)C2CC2)cc2cc(F)ccc12. The van der Waals surface area contributed by atoms with Gasteiger partial charge in [0, 0.05) is 44.7 Å². The van der Waals surface area contributed by atoms with E-state index in [0.717, 1.165) is 30.2 Å². The van der Waals surface area contributed by atoms with Gasteiger partial charge < -0.3 is 28.7 Å². The molecule has 1 aliphatic carbocycles. The fourth-order valence-corrected chi connectivity index (χ4v) is 4.41. The molecule has 0 N–H and O–H groups in total. The largest absolute Gasteiger partial charge is 0.493 e. The Morgan fingerprint density at radius 2 is 1.95 bits per heavy atom. The van der Waals surface area contributed by atoms with Crippen LogP contribution in [0.3, 0.4) is 0 Å². The topological polar surface area (TPSA) is 77.5 Å². The molecule has 1 aliphatic heterocycles. The summed E-state index contributed by atoms with van der Waals surface area (Å²) in [4.78, 5) is 29.5. The smallest absolute Gasteiger partial charge is 0.410 e. The van der Waals surface area contributed by atoms with Gasteiger partial charge in [0.15, 0.2) is 6.10 Å². The molecule has 8 nitrogen and oxygen atoms in total. The molecule has 202 valence electrons. The number of hydrogen-bond acceptors (Lipinski definition) is 6. The second-order valence-electron chi connectivity index (χ2n) is 10.6. The van der Waals surface area contributed by atoms with Gasteiger partial charge in [-0.25, -0.2) is 9.18 Å². The molecule has 0 radical (unpaired) electrons. The van der Waals surface area contributed by atoms with Gasteiger partial charge in [0.25, 0.3) is 5.91 Å². The molecule has 2 aliphatic rings. The van der Waals surface area contributed by atoms with E-state index in [4.69, 9.17) is 18.9 Å². The molecular weight excluding hydrogens is 479 g/mol. The number of hydrogen-bond donors (Lipinski definition) is 0. The van der Waals surface area contributed by atoms with Crippen molar-refractivity contribution in [3.63, 3.8) is 0 Å². The monoisotopic (exact) mass is 516 g/mol. The van der Waals surface area contributed by atoms with Crippen molar-refractivity contribution in [2.45, 2.75) is 64.3 Å². The van der Waals surface area contributed by atoms with Crippen molar-refractivity contribution in [1.29, 1.82) is 0 Å². The molecular formula is C28H37FN2O6. The van der Waals surface area contributed by atoms with Crippen LogP contribution in [0.25, 0.3) is 10.8 Å². The minimum absolute atomic E-state index is 0.113. The summed E-state index contributed by atoms with van der Waals surface area (Å²) in [6.07, 6.45) is 1.35. The Balaban J connectivity index is 1.51. The van der Waals surface area contributed by atoms with E-state index in [1.54, 1.807) is 13.2 Å². The average molecular weight is 517 g/mol. The van der Waals surface area contributed by atoms with E-state index in [1.807, 2.05) is 37.8 Å². The average Bonchev–Trinajstić information content (AvgIpc) is 3.69. The third kappa shape index (κ3) is 7.32. The lowest BCUT2D eigenvalue weighted by atomic mass is 10.0. The molecule has 0 aromatic heterocycles. The maximum absolute atomic E-state index is 14.0. The summed E-state index contributed by atoms with van der Waals surface area (Å²) in [7, 11) is 1.64. The van der Waals surface area contributed by atoms with Gasteiger partial charge in [0.2, 0.25) is 0 Å². The lowest BCUT2D eigenvalue weighted by molar-refractivity contribution is -0.150. The summed E-state index contributed by atoms with van der Waals surface area (Å²) in [6, 6.07) is 8.55. The highest BCUT2D eigenvalue weighted by Crippen LogP contribution is 2.33. The molecule has 0 bridgehead atoms. The van der Waals surface area contributed by atoms with Gasteiger partial charge in [-0.15, -0.1) is 0 Å². The number of benzene rings is 2. The Bertz CT molecular complexity index is 1110. The summed E-state index contributed by atoms with van der Waals surface area (Å²) in [6.45, 7) is 7.62. The Labute approximate surface area is 217 Å². The van der Waals surface area contributed by atoms with Crippen LogP contribution in [0.15, 0.2) is 30.3 Å². The van der Waals surface area contributed by atoms with Crippen LogP contribution in [0, 0.1) is 5.82 Å². The number of rotatable bonds is 9. The molecule has 2 aromatic carbocycles. The highest BCUT2D eigenvalue weighted by atomic mass is 19.1. The molecule has 37 heavy (non-hydrogen) atoms. The first-order chi connectivity index (χ1) is 17.6. The van der Waals surface area contributed by atoms with Gasteiger partial charge in [-0.1, -0.05) is 0 Å². The standard InChI is InChI=1S/C28H37FN2O6/c1-28(2,3)37-27(33)30-10-13-36-25(18-30)26(32)31(22-7-8-22)17-19-14-20-16-21(29)6-9-23(20)24(15-19)35-12-5-11-34-4/h6,9,14-16,22,25H,5,7-8,10-13,17-18H2,1-4H3/t25-/m1/s1. The van der Waals surface area contributed by atoms with E-state index in [1.165, 1.54) is 17.0 Å². The van der Waals surface area contributed by atoms with E-state index in [9.17, 15) is 14.0 Å². The normalized spacial score (nSPS) is 18.1. The predicted molar refractivity (Wildman–Crippen MR) is 137 cm³/mol. The Hall–Kier alpha value is -2.91. The Kier molecular flexibility index (Phi) is 8.54. The Morgan fingerprint density at radius 3 is 2.65 bits per heavy atom. The van der Waals surface area contributed by atoms with Gasteiger partial charge in [-0.2, -0.15) is 0 Å². The van der Waals surface area contributed by atoms with Crippen molar-refractivity contribution in [1.82, 2.24) is 9.80 Å².